The normalized spacial score (nSPS) is 11.4. The number of benzene rings is 2. The monoisotopic (exact) mass is 433 g/mol. The number of nitrogens with two attached hydrogens (primary N) is 1. The number of nitro benzene ring substituents is 1. The number of hydrogen-bond acceptors (Lipinski definition) is 6. The molecule has 0 aliphatic carbocycles. The highest BCUT2D eigenvalue weighted by atomic mass is 16.6. The van der Waals surface area contributed by atoms with Crippen molar-refractivity contribution in [3.63, 3.8) is 0 Å². The molecule has 0 aliphatic rings. The highest BCUT2D eigenvalue weighted by Gasteiger charge is 2.18. The number of aromatic nitrogens is 1. The summed E-state index contributed by atoms with van der Waals surface area (Å²) in [5, 5.41) is 16.5. The van der Waals surface area contributed by atoms with E-state index in [1.165, 1.54) is 24.3 Å². The van der Waals surface area contributed by atoms with Crippen LogP contribution in [-0.2, 0) is 13.0 Å². The standard InChI is InChI=1S/C23H23N5O4/c24-14-18-7-4-8-21(26-18)23(30)27-19(13-16-5-2-1-3-6-16)15-25-22(29)17-9-11-20(12-10-17)28(31)32/h1-12,19H,13-15,24H2,(H,25,29)(H,27,30)/t19-/m0/s1. The van der Waals surface area contributed by atoms with Gasteiger partial charge in [0.25, 0.3) is 17.5 Å². The first-order valence-corrected chi connectivity index (χ1v) is 9.99. The van der Waals surface area contributed by atoms with Crippen LogP contribution in [0.25, 0.3) is 0 Å². The number of nitrogens with one attached hydrogen (secondary N) is 2. The molecule has 0 saturated heterocycles. The van der Waals surface area contributed by atoms with E-state index in [-0.39, 0.29) is 35.9 Å². The van der Waals surface area contributed by atoms with E-state index in [0.29, 0.717) is 12.1 Å². The van der Waals surface area contributed by atoms with E-state index < -0.39 is 16.9 Å². The zero-order chi connectivity index (χ0) is 22.9. The number of rotatable bonds is 9. The molecule has 3 aromatic rings. The number of nitrogens with zero attached hydrogens (tertiary/aromatic N) is 2. The average Bonchev–Trinajstić information content (AvgIpc) is 2.83. The maximum atomic E-state index is 12.7. The van der Waals surface area contributed by atoms with Crippen LogP contribution in [0.5, 0.6) is 0 Å². The van der Waals surface area contributed by atoms with Gasteiger partial charge in [0.1, 0.15) is 5.69 Å². The number of carbonyl (C=O) groups excluding carboxylic acids is 2. The van der Waals surface area contributed by atoms with E-state index in [1.54, 1.807) is 18.2 Å². The zero-order valence-electron chi connectivity index (χ0n) is 17.2. The molecule has 0 bridgehead atoms. The second-order valence-electron chi connectivity index (χ2n) is 7.09. The molecule has 4 N–H and O–H groups in total. The number of amides is 2. The first-order valence-electron chi connectivity index (χ1n) is 9.99. The molecule has 32 heavy (non-hydrogen) atoms. The van der Waals surface area contributed by atoms with Gasteiger partial charge in [0.15, 0.2) is 0 Å². The van der Waals surface area contributed by atoms with Gasteiger partial charge in [-0.3, -0.25) is 19.7 Å². The Bertz CT molecular complexity index is 1090. The lowest BCUT2D eigenvalue weighted by atomic mass is 10.1. The Morgan fingerprint density at radius 3 is 2.34 bits per heavy atom. The van der Waals surface area contributed by atoms with Gasteiger partial charge >= 0.3 is 0 Å². The maximum Gasteiger partial charge on any atom is 0.270 e. The molecular formula is C23H23N5O4. The van der Waals surface area contributed by atoms with Crippen LogP contribution < -0.4 is 16.4 Å². The summed E-state index contributed by atoms with van der Waals surface area (Å²) < 4.78 is 0. The largest absolute Gasteiger partial charge is 0.350 e. The van der Waals surface area contributed by atoms with Crippen molar-refractivity contribution in [2.45, 2.75) is 19.0 Å². The fourth-order valence-corrected chi connectivity index (χ4v) is 3.10. The topological polar surface area (TPSA) is 140 Å². The summed E-state index contributed by atoms with van der Waals surface area (Å²) in [5.41, 5.74) is 7.64. The summed E-state index contributed by atoms with van der Waals surface area (Å²) in [5.74, 6) is -0.763. The molecule has 0 aliphatic heterocycles. The van der Waals surface area contributed by atoms with E-state index in [2.05, 4.69) is 15.6 Å². The summed E-state index contributed by atoms with van der Waals surface area (Å²) in [6, 6.07) is 19.5. The molecule has 3 rings (SSSR count). The van der Waals surface area contributed by atoms with Crippen LogP contribution in [0.4, 0.5) is 5.69 Å². The Balaban J connectivity index is 1.70. The number of pyridine rings is 1. The second-order valence-corrected chi connectivity index (χ2v) is 7.09. The Morgan fingerprint density at radius 1 is 0.969 bits per heavy atom. The second kappa shape index (κ2) is 10.8. The summed E-state index contributed by atoms with van der Waals surface area (Å²) in [6.45, 7) is 0.382. The lowest BCUT2D eigenvalue weighted by Gasteiger charge is -2.20. The summed E-state index contributed by atoms with van der Waals surface area (Å²) in [7, 11) is 0. The van der Waals surface area contributed by atoms with Crippen LogP contribution in [0, 0.1) is 10.1 Å². The van der Waals surface area contributed by atoms with Crippen LogP contribution in [0.15, 0.2) is 72.8 Å². The van der Waals surface area contributed by atoms with Crippen molar-refractivity contribution in [2.24, 2.45) is 5.73 Å². The molecule has 9 heteroatoms. The molecule has 2 aromatic carbocycles. The molecule has 1 atom stereocenters. The van der Waals surface area contributed by atoms with Gasteiger partial charge in [0.05, 0.1) is 16.7 Å². The van der Waals surface area contributed by atoms with Gasteiger partial charge in [0, 0.05) is 30.8 Å². The summed E-state index contributed by atoms with van der Waals surface area (Å²) in [6.07, 6.45) is 0.490. The molecule has 9 nitrogen and oxygen atoms in total. The predicted molar refractivity (Wildman–Crippen MR) is 119 cm³/mol. The minimum atomic E-state index is -0.527. The number of nitro groups is 1. The van der Waals surface area contributed by atoms with Gasteiger partial charge in [0.2, 0.25) is 0 Å². The lowest BCUT2D eigenvalue weighted by molar-refractivity contribution is -0.384. The Labute approximate surface area is 184 Å². The van der Waals surface area contributed by atoms with Crippen LogP contribution in [0.1, 0.15) is 32.1 Å². The molecule has 0 saturated carbocycles. The highest BCUT2D eigenvalue weighted by Crippen LogP contribution is 2.12. The quantitative estimate of drug-likeness (QED) is 0.349. The fourth-order valence-electron chi connectivity index (χ4n) is 3.10. The Morgan fingerprint density at radius 2 is 1.69 bits per heavy atom. The average molecular weight is 433 g/mol. The number of carbonyl (C=O) groups is 2. The predicted octanol–water partition coefficient (Wildman–Crippen LogP) is 2.22. The summed E-state index contributed by atoms with van der Waals surface area (Å²) in [4.78, 5) is 39.7. The summed E-state index contributed by atoms with van der Waals surface area (Å²) >= 11 is 0. The van der Waals surface area contributed by atoms with Gasteiger partial charge in [-0.05, 0) is 36.2 Å². The van der Waals surface area contributed by atoms with E-state index in [0.717, 1.165) is 5.56 Å². The molecule has 0 radical (unpaired) electrons. The van der Waals surface area contributed by atoms with E-state index >= 15 is 0 Å². The van der Waals surface area contributed by atoms with Crippen molar-refractivity contribution in [3.8, 4) is 0 Å². The molecular weight excluding hydrogens is 410 g/mol. The van der Waals surface area contributed by atoms with Crippen LogP contribution in [-0.4, -0.2) is 34.3 Å². The third kappa shape index (κ3) is 6.19. The highest BCUT2D eigenvalue weighted by molar-refractivity contribution is 5.95. The third-order valence-electron chi connectivity index (χ3n) is 4.76. The molecule has 1 heterocycles. The van der Waals surface area contributed by atoms with Crippen molar-refractivity contribution in [1.82, 2.24) is 15.6 Å². The smallest absolute Gasteiger partial charge is 0.270 e. The van der Waals surface area contributed by atoms with Crippen molar-refractivity contribution in [1.29, 1.82) is 0 Å². The Kier molecular flexibility index (Phi) is 7.60. The van der Waals surface area contributed by atoms with Gasteiger partial charge < -0.3 is 16.4 Å². The van der Waals surface area contributed by atoms with Gasteiger partial charge in [-0.15, -0.1) is 0 Å². The minimum absolute atomic E-state index is 0.0945. The molecule has 0 fully saturated rings. The number of non-ortho nitro benzene ring substituents is 1. The van der Waals surface area contributed by atoms with Crippen molar-refractivity contribution >= 4 is 17.5 Å². The van der Waals surface area contributed by atoms with Crippen molar-refractivity contribution in [3.05, 3.63) is 105 Å². The van der Waals surface area contributed by atoms with Crippen molar-refractivity contribution in [2.75, 3.05) is 6.54 Å². The first-order chi connectivity index (χ1) is 15.5. The molecule has 2 amide bonds. The molecule has 1 aromatic heterocycles. The molecule has 164 valence electrons. The van der Waals surface area contributed by atoms with Crippen LogP contribution in [0.2, 0.25) is 0 Å². The van der Waals surface area contributed by atoms with E-state index in [1.807, 2.05) is 30.3 Å². The van der Waals surface area contributed by atoms with Gasteiger partial charge in [-0.2, -0.15) is 0 Å². The zero-order valence-corrected chi connectivity index (χ0v) is 17.2. The first kappa shape index (κ1) is 22.6. The molecule has 0 unspecified atom stereocenters. The maximum absolute atomic E-state index is 12.7. The SMILES string of the molecule is NCc1cccc(C(=O)N[C@H](CNC(=O)c2ccc([N+](=O)[O-])cc2)Cc2ccccc2)n1. The molecule has 0 spiro atoms. The third-order valence-corrected chi connectivity index (χ3v) is 4.76. The van der Waals surface area contributed by atoms with Crippen LogP contribution in [0.3, 0.4) is 0 Å². The lowest BCUT2D eigenvalue weighted by Crippen LogP contribution is -2.45. The fraction of sp³-hybridized carbons (Fsp3) is 0.174. The van der Waals surface area contributed by atoms with Crippen LogP contribution >= 0.6 is 0 Å². The van der Waals surface area contributed by atoms with Gasteiger partial charge in [-0.25, -0.2) is 4.98 Å². The van der Waals surface area contributed by atoms with E-state index in [9.17, 15) is 19.7 Å². The Hall–Kier alpha value is -4.11. The van der Waals surface area contributed by atoms with Crippen molar-refractivity contribution < 1.29 is 14.5 Å². The minimum Gasteiger partial charge on any atom is -0.350 e. The van der Waals surface area contributed by atoms with Gasteiger partial charge in [-0.1, -0.05) is 36.4 Å². The van der Waals surface area contributed by atoms with E-state index in [4.69, 9.17) is 5.73 Å². The number of hydrogen-bond donors (Lipinski definition) is 3.